The smallest absolute Gasteiger partial charge is 0.160 e. The Bertz CT molecular complexity index is 3630. The molecule has 0 saturated carbocycles. The summed E-state index contributed by atoms with van der Waals surface area (Å²) in [4.78, 5) is 10.5. The monoisotopic (exact) mass is 792 g/mol. The van der Waals surface area contributed by atoms with Crippen molar-refractivity contribution in [3.8, 4) is 67.3 Å². The fourth-order valence-corrected chi connectivity index (χ4v) is 10.6. The summed E-state index contributed by atoms with van der Waals surface area (Å²) >= 11 is 1.85. The molecule has 0 radical (unpaired) electrons. The van der Waals surface area contributed by atoms with E-state index in [1.165, 1.54) is 80.3 Å². The van der Waals surface area contributed by atoms with Crippen molar-refractivity contribution < 1.29 is 0 Å². The molecule has 0 fully saturated rings. The molecule has 0 bridgehead atoms. The average molecular weight is 793 g/mol. The van der Waals surface area contributed by atoms with E-state index in [2.05, 4.69) is 212 Å². The molecule has 3 heteroatoms. The number of benzene rings is 10. The number of aromatic nitrogens is 2. The Labute approximate surface area is 357 Å². The Morgan fingerprint density at radius 1 is 0.311 bits per heavy atom. The van der Waals surface area contributed by atoms with E-state index in [4.69, 9.17) is 9.97 Å². The van der Waals surface area contributed by atoms with Crippen LogP contribution in [-0.2, 0) is 0 Å². The van der Waals surface area contributed by atoms with Crippen LogP contribution < -0.4 is 0 Å². The van der Waals surface area contributed by atoms with Gasteiger partial charge in [-0.15, -0.1) is 11.3 Å². The van der Waals surface area contributed by atoms with Crippen molar-refractivity contribution >= 4 is 63.8 Å². The van der Waals surface area contributed by atoms with Gasteiger partial charge in [0.1, 0.15) is 0 Å². The van der Waals surface area contributed by atoms with Crippen LogP contribution in [0.25, 0.3) is 120 Å². The van der Waals surface area contributed by atoms with E-state index in [0.29, 0.717) is 5.82 Å². The molecule has 10 aromatic carbocycles. The van der Waals surface area contributed by atoms with E-state index in [0.717, 1.165) is 33.6 Å². The van der Waals surface area contributed by atoms with Gasteiger partial charge in [0, 0.05) is 42.4 Å². The van der Waals surface area contributed by atoms with Gasteiger partial charge in [-0.1, -0.05) is 206 Å². The van der Waals surface area contributed by atoms with E-state index >= 15 is 0 Å². The largest absolute Gasteiger partial charge is 0.228 e. The highest BCUT2D eigenvalue weighted by atomic mass is 32.1. The standard InChI is InChI=1S/C58H36N2S/c1-3-17-39(18-4-1)55-47-26-12-11-25-46(47)54(50-35-34-37-16-7-8-21-42(37)56(50)55)40-32-30-38(31-33-40)51-36-52(60-58(59-51)41-19-5-2-6-20-41)44-23-10-9-22-43(44)48-27-15-28-49-45-24-13-14-29-53(45)61-57(48)49/h1-36H. The van der Waals surface area contributed by atoms with E-state index in [1.54, 1.807) is 0 Å². The lowest BCUT2D eigenvalue weighted by Gasteiger charge is -2.19. The fourth-order valence-electron chi connectivity index (χ4n) is 9.32. The quantitative estimate of drug-likeness (QED) is 0.124. The van der Waals surface area contributed by atoms with Gasteiger partial charge in [0.15, 0.2) is 5.82 Å². The van der Waals surface area contributed by atoms with Crippen LogP contribution in [0.4, 0.5) is 0 Å². The van der Waals surface area contributed by atoms with Crippen molar-refractivity contribution in [3.05, 3.63) is 218 Å². The lowest BCUT2D eigenvalue weighted by Crippen LogP contribution is -1.97. The molecule has 0 atom stereocenters. The Morgan fingerprint density at radius 2 is 0.869 bits per heavy atom. The van der Waals surface area contributed by atoms with E-state index in [9.17, 15) is 0 Å². The summed E-state index contributed by atoms with van der Waals surface area (Å²) in [5.74, 6) is 0.701. The van der Waals surface area contributed by atoms with Crippen LogP contribution in [0, 0.1) is 0 Å². The zero-order chi connectivity index (χ0) is 40.3. The van der Waals surface area contributed by atoms with Crippen LogP contribution in [0.1, 0.15) is 0 Å². The van der Waals surface area contributed by atoms with E-state index in [-0.39, 0.29) is 0 Å². The SMILES string of the molecule is c1ccc(-c2nc(-c3ccc(-c4c5ccccc5c(-c5ccccc5)c5c4ccc4ccccc45)cc3)cc(-c3ccccc3-c3cccc4c3sc3ccccc34)n2)cc1. The third-order valence-corrected chi connectivity index (χ3v) is 13.3. The highest BCUT2D eigenvalue weighted by Gasteiger charge is 2.20. The van der Waals surface area contributed by atoms with Gasteiger partial charge < -0.3 is 0 Å². The predicted molar refractivity (Wildman–Crippen MR) is 260 cm³/mol. The maximum absolute atomic E-state index is 5.29. The van der Waals surface area contributed by atoms with Gasteiger partial charge in [-0.25, -0.2) is 9.97 Å². The number of rotatable bonds is 6. The zero-order valence-corrected chi connectivity index (χ0v) is 33.9. The second-order valence-electron chi connectivity index (χ2n) is 15.6. The van der Waals surface area contributed by atoms with Crippen molar-refractivity contribution in [3.63, 3.8) is 0 Å². The average Bonchev–Trinajstić information content (AvgIpc) is 3.73. The van der Waals surface area contributed by atoms with Gasteiger partial charge in [0.05, 0.1) is 11.4 Å². The van der Waals surface area contributed by atoms with Crippen LogP contribution in [0.15, 0.2) is 218 Å². The summed E-state index contributed by atoms with van der Waals surface area (Å²) in [5.41, 5.74) is 12.1. The molecule has 0 amide bonds. The maximum Gasteiger partial charge on any atom is 0.160 e. The second kappa shape index (κ2) is 14.5. The zero-order valence-electron chi connectivity index (χ0n) is 33.1. The topological polar surface area (TPSA) is 25.8 Å². The molecule has 12 rings (SSSR count). The first-order chi connectivity index (χ1) is 30.3. The Kier molecular flexibility index (Phi) is 8.39. The number of fused-ring (bicyclic) bond motifs is 7. The number of nitrogens with zero attached hydrogens (tertiary/aromatic N) is 2. The summed E-state index contributed by atoms with van der Waals surface area (Å²) in [5, 5.41) is 10.1. The van der Waals surface area contributed by atoms with Crippen molar-refractivity contribution in [2.75, 3.05) is 0 Å². The minimum Gasteiger partial charge on any atom is -0.228 e. The van der Waals surface area contributed by atoms with Crippen LogP contribution in [0.2, 0.25) is 0 Å². The van der Waals surface area contributed by atoms with Crippen molar-refractivity contribution in [2.24, 2.45) is 0 Å². The molecule has 0 aliphatic rings. The highest BCUT2D eigenvalue weighted by Crippen LogP contribution is 2.47. The molecule has 0 saturated heterocycles. The fraction of sp³-hybridized carbons (Fsp3) is 0. The Morgan fingerprint density at radius 3 is 1.66 bits per heavy atom. The first kappa shape index (κ1) is 35.2. The normalized spacial score (nSPS) is 11.6. The van der Waals surface area contributed by atoms with Gasteiger partial charge in [0.25, 0.3) is 0 Å². The minimum atomic E-state index is 0.701. The number of hydrogen-bond acceptors (Lipinski definition) is 3. The summed E-state index contributed by atoms with van der Waals surface area (Å²) in [6.45, 7) is 0. The summed E-state index contributed by atoms with van der Waals surface area (Å²) in [7, 11) is 0. The van der Waals surface area contributed by atoms with Gasteiger partial charge in [0.2, 0.25) is 0 Å². The van der Waals surface area contributed by atoms with Gasteiger partial charge in [-0.2, -0.15) is 0 Å². The number of hydrogen-bond donors (Lipinski definition) is 0. The third kappa shape index (κ3) is 5.93. The van der Waals surface area contributed by atoms with Crippen molar-refractivity contribution in [1.29, 1.82) is 0 Å². The molecule has 0 aliphatic carbocycles. The van der Waals surface area contributed by atoms with Gasteiger partial charge >= 0.3 is 0 Å². The molecule has 284 valence electrons. The molecule has 0 unspecified atom stereocenters. The summed E-state index contributed by atoms with van der Waals surface area (Å²) in [6, 6.07) is 78.6. The molecular formula is C58H36N2S. The molecule has 0 spiro atoms. The minimum absolute atomic E-state index is 0.701. The first-order valence-electron chi connectivity index (χ1n) is 20.7. The van der Waals surface area contributed by atoms with Crippen LogP contribution >= 0.6 is 11.3 Å². The molecule has 2 heterocycles. The van der Waals surface area contributed by atoms with Gasteiger partial charge in [-0.3, -0.25) is 0 Å². The molecule has 2 aromatic heterocycles. The third-order valence-electron chi connectivity index (χ3n) is 12.1. The Balaban J connectivity index is 1.04. The van der Waals surface area contributed by atoms with Crippen molar-refractivity contribution in [1.82, 2.24) is 9.97 Å². The molecule has 12 aromatic rings. The molecule has 0 N–H and O–H groups in total. The molecule has 61 heavy (non-hydrogen) atoms. The van der Waals surface area contributed by atoms with Crippen LogP contribution in [0.3, 0.4) is 0 Å². The predicted octanol–water partition coefficient (Wildman–Crippen LogP) is 16.3. The molecular weight excluding hydrogens is 757 g/mol. The number of thiophene rings is 1. The maximum atomic E-state index is 5.29. The van der Waals surface area contributed by atoms with Crippen LogP contribution in [0.5, 0.6) is 0 Å². The summed E-state index contributed by atoms with van der Waals surface area (Å²) in [6.07, 6.45) is 0. The lowest BCUT2D eigenvalue weighted by atomic mass is 9.84. The van der Waals surface area contributed by atoms with E-state index in [1.807, 2.05) is 17.4 Å². The second-order valence-corrected chi connectivity index (χ2v) is 16.7. The summed E-state index contributed by atoms with van der Waals surface area (Å²) < 4.78 is 2.58. The first-order valence-corrected chi connectivity index (χ1v) is 21.6. The highest BCUT2D eigenvalue weighted by molar-refractivity contribution is 7.26. The molecule has 2 nitrogen and oxygen atoms in total. The van der Waals surface area contributed by atoms with Crippen molar-refractivity contribution in [2.45, 2.75) is 0 Å². The van der Waals surface area contributed by atoms with E-state index < -0.39 is 0 Å². The lowest BCUT2D eigenvalue weighted by molar-refractivity contribution is 1.18. The van der Waals surface area contributed by atoms with Gasteiger partial charge in [-0.05, 0) is 72.3 Å². The Hall–Kier alpha value is -7.72. The van der Waals surface area contributed by atoms with Crippen LogP contribution in [-0.4, -0.2) is 9.97 Å². The molecule has 0 aliphatic heterocycles.